The van der Waals surface area contributed by atoms with E-state index >= 15 is 4.39 Å². The van der Waals surface area contributed by atoms with Crippen LogP contribution in [0.3, 0.4) is 0 Å². The summed E-state index contributed by atoms with van der Waals surface area (Å²) in [4.78, 5) is 0. The zero-order chi connectivity index (χ0) is 20.8. The van der Waals surface area contributed by atoms with Crippen molar-refractivity contribution in [1.82, 2.24) is 0 Å². The average Bonchev–Trinajstić information content (AvgIpc) is 3.04. The number of halogens is 9. The molecule has 0 bridgehead atoms. The molecule has 1 unspecified atom stereocenters. The van der Waals surface area contributed by atoms with Gasteiger partial charge in [0.25, 0.3) is 0 Å². The fourth-order valence-electron chi connectivity index (χ4n) is 2.72. The normalized spacial score (nSPS) is 15.7. The molecule has 1 atom stereocenters. The van der Waals surface area contributed by atoms with E-state index in [4.69, 9.17) is 4.42 Å². The van der Waals surface area contributed by atoms with E-state index in [1.807, 2.05) is 0 Å². The van der Waals surface area contributed by atoms with Crippen LogP contribution in [-0.4, -0.2) is 18.3 Å². The van der Waals surface area contributed by atoms with Gasteiger partial charge in [0.2, 0.25) is 0 Å². The summed E-state index contributed by atoms with van der Waals surface area (Å²) in [5.41, 5.74) is -9.17. The predicted molar refractivity (Wildman–Crippen MR) is 76.9 cm³/mol. The molecule has 0 fully saturated rings. The minimum Gasteiger partial charge on any atom is -0.464 e. The van der Waals surface area contributed by atoms with E-state index in [0.717, 1.165) is 19.3 Å². The Morgan fingerprint density at radius 3 is 1.96 bits per heavy atom. The Balaban J connectivity index is 3.00. The molecule has 0 aliphatic rings. The van der Waals surface area contributed by atoms with E-state index in [-0.39, 0.29) is 23.6 Å². The fraction of sp³-hybridized carbons (Fsp3) is 0.412. The number of benzene rings is 1. The van der Waals surface area contributed by atoms with Crippen LogP contribution < -0.4 is 0 Å². The molecule has 10 heteroatoms. The molecule has 1 aromatic heterocycles. The summed E-state index contributed by atoms with van der Waals surface area (Å²) in [5, 5.41) is 0. The van der Waals surface area contributed by atoms with Gasteiger partial charge in [-0.25, -0.2) is 4.39 Å². The van der Waals surface area contributed by atoms with Crippen molar-refractivity contribution >= 4 is 0 Å². The maximum Gasteiger partial charge on any atom is 0.457 e. The zero-order valence-electron chi connectivity index (χ0n) is 13.8. The van der Waals surface area contributed by atoms with Crippen LogP contribution in [0.4, 0.5) is 39.5 Å². The minimum atomic E-state index is -6.79. The van der Waals surface area contributed by atoms with Crippen molar-refractivity contribution < 1.29 is 43.9 Å². The van der Waals surface area contributed by atoms with Crippen LogP contribution in [0.15, 0.2) is 28.9 Å². The lowest BCUT2D eigenvalue weighted by Gasteiger charge is -2.37. The lowest BCUT2D eigenvalue weighted by Crippen LogP contribution is -2.60. The van der Waals surface area contributed by atoms with Crippen molar-refractivity contribution in [3.63, 3.8) is 0 Å². The fourth-order valence-corrected chi connectivity index (χ4v) is 2.72. The van der Waals surface area contributed by atoms with Gasteiger partial charge in [-0.3, -0.25) is 0 Å². The summed E-state index contributed by atoms with van der Waals surface area (Å²) in [5.74, 6) is -7.24. The third kappa shape index (κ3) is 3.19. The summed E-state index contributed by atoms with van der Waals surface area (Å²) in [7, 11) is 0. The van der Waals surface area contributed by atoms with E-state index in [0.29, 0.717) is 0 Å². The largest absolute Gasteiger partial charge is 0.464 e. The lowest BCUT2D eigenvalue weighted by molar-refractivity contribution is -0.389. The van der Waals surface area contributed by atoms with Gasteiger partial charge >= 0.3 is 23.9 Å². The number of aryl methyl sites for hydroxylation is 2. The first-order valence-corrected chi connectivity index (χ1v) is 7.48. The Labute approximate surface area is 147 Å². The van der Waals surface area contributed by atoms with Gasteiger partial charge in [-0.15, -0.1) is 0 Å². The van der Waals surface area contributed by atoms with Gasteiger partial charge in [0.15, 0.2) is 0 Å². The Bertz CT molecular complexity index is 803. The summed E-state index contributed by atoms with van der Waals surface area (Å²) >= 11 is 0. The van der Waals surface area contributed by atoms with Crippen LogP contribution in [0.5, 0.6) is 0 Å². The first kappa shape index (κ1) is 21.2. The van der Waals surface area contributed by atoms with Gasteiger partial charge in [-0.2, -0.15) is 35.1 Å². The molecule has 0 N–H and O–H groups in total. The SMILES string of the molecule is CCc1[c]c(C)cc(C(F)(C(F)(F)F)C(F)(F)C(F)(F)F)c1-c1ccco1. The Hall–Kier alpha value is -2.13. The van der Waals surface area contributed by atoms with Crippen molar-refractivity contribution in [2.24, 2.45) is 0 Å². The second-order valence-corrected chi connectivity index (χ2v) is 5.78. The molecular weight excluding hydrogens is 391 g/mol. The highest BCUT2D eigenvalue weighted by molar-refractivity contribution is 5.69. The van der Waals surface area contributed by atoms with Crippen molar-refractivity contribution in [3.8, 4) is 11.3 Å². The zero-order valence-corrected chi connectivity index (χ0v) is 13.8. The maximum atomic E-state index is 15.0. The molecule has 0 amide bonds. The number of alkyl halides is 9. The number of rotatable bonds is 4. The standard InChI is InChI=1S/C17H12F9O/c1-3-10-7-9(2)8-11(13(10)12-5-4-6-27-12)14(18,16(21,22)23)15(19,20)17(24,25)26/h4-6,8H,3H2,1-2H3. The van der Waals surface area contributed by atoms with Crippen molar-refractivity contribution in [2.75, 3.05) is 0 Å². The maximum absolute atomic E-state index is 15.0. The highest BCUT2D eigenvalue weighted by Crippen LogP contribution is 2.60. The Morgan fingerprint density at radius 2 is 1.56 bits per heavy atom. The molecule has 0 saturated heterocycles. The Morgan fingerprint density at radius 1 is 0.963 bits per heavy atom. The topological polar surface area (TPSA) is 13.1 Å². The predicted octanol–water partition coefficient (Wildman–Crippen LogP) is 6.54. The summed E-state index contributed by atoms with van der Waals surface area (Å²) < 4.78 is 126. The molecule has 0 aliphatic heterocycles. The monoisotopic (exact) mass is 403 g/mol. The van der Waals surface area contributed by atoms with Crippen LogP contribution in [0.25, 0.3) is 11.3 Å². The van der Waals surface area contributed by atoms with Gasteiger partial charge < -0.3 is 4.42 Å². The smallest absolute Gasteiger partial charge is 0.457 e. The molecule has 1 nitrogen and oxygen atoms in total. The van der Waals surface area contributed by atoms with E-state index in [1.165, 1.54) is 13.0 Å². The van der Waals surface area contributed by atoms with Gasteiger partial charge in [-0.1, -0.05) is 13.0 Å². The average molecular weight is 403 g/mol. The molecule has 2 rings (SSSR count). The van der Waals surface area contributed by atoms with Crippen molar-refractivity contribution in [3.05, 3.63) is 47.2 Å². The Kier molecular flexibility index (Phi) is 5.09. The van der Waals surface area contributed by atoms with Crippen LogP contribution in [0.1, 0.15) is 23.6 Å². The van der Waals surface area contributed by atoms with E-state index in [2.05, 4.69) is 6.07 Å². The first-order chi connectivity index (χ1) is 12.2. The molecule has 1 aromatic carbocycles. The molecule has 0 aliphatic carbocycles. The second-order valence-electron chi connectivity index (χ2n) is 5.78. The van der Waals surface area contributed by atoms with Crippen LogP contribution in [0, 0.1) is 13.0 Å². The quantitative estimate of drug-likeness (QED) is 0.528. The highest BCUT2D eigenvalue weighted by atomic mass is 19.4. The molecule has 2 aromatic rings. The molecule has 0 spiro atoms. The van der Waals surface area contributed by atoms with Gasteiger partial charge in [0.1, 0.15) is 5.76 Å². The van der Waals surface area contributed by atoms with Crippen molar-refractivity contribution in [1.29, 1.82) is 0 Å². The first-order valence-electron chi connectivity index (χ1n) is 7.48. The summed E-state index contributed by atoms with van der Waals surface area (Å²) in [6, 6.07) is 5.04. The molecular formula is C17H12F9O. The van der Waals surface area contributed by atoms with Gasteiger partial charge in [-0.05, 0) is 42.7 Å². The van der Waals surface area contributed by atoms with Crippen LogP contribution >= 0.6 is 0 Å². The van der Waals surface area contributed by atoms with Gasteiger partial charge in [0, 0.05) is 11.1 Å². The number of hydrogen-bond donors (Lipinski definition) is 0. The molecule has 1 heterocycles. The van der Waals surface area contributed by atoms with Crippen LogP contribution in [-0.2, 0) is 12.1 Å². The van der Waals surface area contributed by atoms with Crippen molar-refractivity contribution in [2.45, 2.75) is 44.2 Å². The third-order valence-electron chi connectivity index (χ3n) is 3.95. The molecule has 0 saturated carbocycles. The van der Waals surface area contributed by atoms with Crippen LogP contribution in [0.2, 0.25) is 0 Å². The highest BCUT2D eigenvalue weighted by Gasteiger charge is 2.82. The summed E-state index contributed by atoms with van der Waals surface area (Å²) in [6.45, 7) is 2.51. The summed E-state index contributed by atoms with van der Waals surface area (Å²) in [6.07, 6.45) is -12.5. The molecule has 27 heavy (non-hydrogen) atoms. The lowest BCUT2D eigenvalue weighted by atomic mass is 9.81. The number of hydrogen-bond acceptors (Lipinski definition) is 1. The van der Waals surface area contributed by atoms with E-state index < -0.39 is 40.8 Å². The van der Waals surface area contributed by atoms with E-state index in [1.54, 1.807) is 0 Å². The molecule has 149 valence electrons. The third-order valence-corrected chi connectivity index (χ3v) is 3.95. The van der Waals surface area contributed by atoms with E-state index in [9.17, 15) is 35.1 Å². The van der Waals surface area contributed by atoms with Gasteiger partial charge in [0.05, 0.1) is 6.26 Å². The minimum absolute atomic E-state index is 0.115. The molecule has 1 radical (unpaired) electrons. The second kappa shape index (κ2) is 6.49. The number of furan rings is 1.